The second kappa shape index (κ2) is 7.63. The van der Waals surface area contributed by atoms with Crippen molar-refractivity contribution in [3.8, 4) is 0 Å². The lowest BCUT2D eigenvalue weighted by Gasteiger charge is -2.16. The Labute approximate surface area is 111 Å². The lowest BCUT2D eigenvalue weighted by Crippen LogP contribution is -2.31. The highest BCUT2D eigenvalue weighted by Crippen LogP contribution is 2.12. The minimum Gasteiger partial charge on any atom is -0.380 e. The van der Waals surface area contributed by atoms with Crippen molar-refractivity contribution in [3.63, 3.8) is 0 Å². The molecule has 0 aliphatic carbocycles. The largest absolute Gasteiger partial charge is 0.380 e. The van der Waals surface area contributed by atoms with Gasteiger partial charge in [-0.25, -0.2) is 4.98 Å². The number of alkyl halides is 1. The number of rotatable bonds is 7. The smallest absolute Gasteiger partial charge is 0.229 e. The molecule has 0 bridgehead atoms. The minimum absolute atomic E-state index is 0.0557. The molecule has 1 aromatic rings. The van der Waals surface area contributed by atoms with Crippen LogP contribution in [0.4, 0.5) is 0 Å². The molecule has 0 aliphatic heterocycles. The molecule has 4 nitrogen and oxygen atoms in total. The van der Waals surface area contributed by atoms with Crippen LogP contribution in [0.5, 0.6) is 0 Å². The first-order valence-electron chi connectivity index (χ1n) is 5.48. The first-order valence-corrected chi connectivity index (χ1v) is 6.89. The van der Waals surface area contributed by atoms with Crippen molar-refractivity contribution in [1.82, 2.24) is 9.88 Å². The van der Waals surface area contributed by atoms with Crippen LogP contribution in [0.3, 0.4) is 0 Å². The van der Waals surface area contributed by atoms with Gasteiger partial charge in [-0.3, -0.25) is 4.79 Å². The summed E-state index contributed by atoms with van der Waals surface area (Å²) in [4.78, 5) is 17.7. The van der Waals surface area contributed by atoms with Gasteiger partial charge in [-0.05, 0) is 6.92 Å². The van der Waals surface area contributed by atoms with Crippen molar-refractivity contribution in [3.05, 3.63) is 16.1 Å². The van der Waals surface area contributed by atoms with Crippen molar-refractivity contribution in [2.45, 2.75) is 19.2 Å². The highest BCUT2D eigenvalue weighted by molar-refractivity contribution is 7.09. The molecule has 6 heteroatoms. The number of ether oxygens (including phenoxy) is 1. The van der Waals surface area contributed by atoms with Gasteiger partial charge >= 0.3 is 0 Å². The second-order valence-corrected chi connectivity index (χ2v) is 4.77. The zero-order valence-corrected chi connectivity index (χ0v) is 11.7. The SMILES string of the molecule is CCOCCN(C)C(=O)Cc1nc(CCl)cs1. The van der Waals surface area contributed by atoms with Gasteiger partial charge in [-0.1, -0.05) is 0 Å². The van der Waals surface area contributed by atoms with E-state index in [1.165, 1.54) is 11.3 Å². The zero-order valence-electron chi connectivity index (χ0n) is 10.1. The Balaban J connectivity index is 2.37. The Morgan fingerprint density at radius 3 is 3.00 bits per heavy atom. The number of hydrogen-bond acceptors (Lipinski definition) is 4. The third-order valence-electron chi connectivity index (χ3n) is 2.24. The van der Waals surface area contributed by atoms with E-state index in [1.54, 1.807) is 11.9 Å². The van der Waals surface area contributed by atoms with Crippen LogP contribution >= 0.6 is 22.9 Å². The first kappa shape index (κ1) is 14.4. The quantitative estimate of drug-likeness (QED) is 0.564. The third kappa shape index (κ3) is 5.02. The summed E-state index contributed by atoms with van der Waals surface area (Å²) in [6.07, 6.45) is 0.337. The van der Waals surface area contributed by atoms with E-state index in [0.717, 1.165) is 10.7 Å². The van der Waals surface area contributed by atoms with E-state index in [0.29, 0.717) is 32.1 Å². The molecule has 0 spiro atoms. The summed E-state index contributed by atoms with van der Waals surface area (Å²) in [5, 5.41) is 2.70. The third-order valence-corrected chi connectivity index (χ3v) is 3.41. The van der Waals surface area contributed by atoms with Gasteiger partial charge in [0, 0.05) is 25.6 Å². The van der Waals surface area contributed by atoms with Crippen LogP contribution in [0.15, 0.2) is 5.38 Å². The molecular formula is C11H17ClN2O2S. The molecule has 1 amide bonds. The van der Waals surface area contributed by atoms with E-state index in [2.05, 4.69) is 4.98 Å². The van der Waals surface area contributed by atoms with Crippen molar-refractivity contribution < 1.29 is 9.53 Å². The van der Waals surface area contributed by atoms with Gasteiger partial charge in [-0.15, -0.1) is 22.9 Å². The van der Waals surface area contributed by atoms with Gasteiger partial charge in [0.25, 0.3) is 0 Å². The van der Waals surface area contributed by atoms with Gasteiger partial charge in [0.05, 0.1) is 24.6 Å². The topological polar surface area (TPSA) is 42.4 Å². The van der Waals surface area contributed by atoms with Crippen LogP contribution in [0.25, 0.3) is 0 Å². The van der Waals surface area contributed by atoms with Gasteiger partial charge in [0.1, 0.15) is 5.01 Å². The number of amides is 1. The molecular weight excluding hydrogens is 260 g/mol. The molecule has 0 N–H and O–H groups in total. The number of likely N-dealkylation sites (N-methyl/N-ethyl adjacent to an activating group) is 1. The van der Waals surface area contributed by atoms with Crippen molar-refractivity contribution in [1.29, 1.82) is 0 Å². The molecule has 0 radical (unpaired) electrons. The Bertz CT molecular complexity index is 357. The predicted octanol–water partition coefficient (Wildman–Crippen LogP) is 1.92. The number of thiazole rings is 1. The number of nitrogens with zero attached hydrogens (tertiary/aromatic N) is 2. The van der Waals surface area contributed by atoms with Crippen molar-refractivity contribution in [2.24, 2.45) is 0 Å². The molecule has 0 aliphatic rings. The maximum Gasteiger partial charge on any atom is 0.229 e. The van der Waals surface area contributed by atoms with Crippen LogP contribution in [0, 0.1) is 0 Å². The molecule has 96 valence electrons. The average molecular weight is 277 g/mol. The molecule has 0 saturated carbocycles. The number of hydrogen-bond donors (Lipinski definition) is 0. The number of aromatic nitrogens is 1. The average Bonchev–Trinajstić information content (AvgIpc) is 2.77. The fraction of sp³-hybridized carbons (Fsp3) is 0.636. The van der Waals surface area contributed by atoms with E-state index in [9.17, 15) is 4.79 Å². The summed E-state index contributed by atoms with van der Waals surface area (Å²) in [5.74, 6) is 0.449. The highest BCUT2D eigenvalue weighted by Gasteiger charge is 2.11. The molecule has 1 rings (SSSR count). The molecule has 0 atom stereocenters. The van der Waals surface area contributed by atoms with Crippen LogP contribution < -0.4 is 0 Å². The van der Waals surface area contributed by atoms with E-state index >= 15 is 0 Å². The summed E-state index contributed by atoms with van der Waals surface area (Å²) in [5.41, 5.74) is 0.830. The van der Waals surface area contributed by atoms with Gasteiger partial charge in [-0.2, -0.15) is 0 Å². The Morgan fingerprint density at radius 1 is 1.65 bits per heavy atom. The molecule has 1 heterocycles. The van der Waals surface area contributed by atoms with E-state index < -0.39 is 0 Å². The number of carbonyl (C=O) groups excluding carboxylic acids is 1. The second-order valence-electron chi connectivity index (χ2n) is 3.56. The summed E-state index contributed by atoms with van der Waals surface area (Å²) in [7, 11) is 1.78. The lowest BCUT2D eigenvalue weighted by molar-refractivity contribution is -0.129. The van der Waals surface area contributed by atoms with Crippen LogP contribution in [0.2, 0.25) is 0 Å². The predicted molar refractivity (Wildman–Crippen MR) is 69.5 cm³/mol. The fourth-order valence-electron chi connectivity index (χ4n) is 1.23. The van der Waals surface area contributed by atoms with Crippen molar-refractivity contribution >= 4 is 28.8 Å². The summed E-state index contributed by atoms with van der Waals surface area (Å²) < 4.78 is 5.20. The van der Waals surface area contributed by atoms with E-state index in [-0.39, 0.29) is 5.91 Å². The maximum absolute atomic E-state index is 11.8. The van der Waals surface area contributed by atoms with Crippen LogP contribution in [0.1, 0.15) is 17.6 Å². The Hall–Kier alpha value is -0.650. The monoisotopic (exact) mass is 276 g/mol. The van der Waals surface area contributed by atoms with Crippen LogP contribution in [-0.2, 0) is 21.8 Å². The normalized spacial score (nSPS) is 10.5. The van der Waals surface area contributed by atoms with Gasteiger partial charge in [0.15, 0.2) is 0 Å². The molecule has 17 heavy (non-hydrogen) atoms. The maximum atomic E-state index is 11.8. The molecule has 0 aromatic carbocycles. The zero-order chi connectivity index (χ0) is 12.7. The Morgan fingerprint density at radius 2 is 2.41 bits per heavy atom. The molecule has 0 saturated heterocycles. The fourth-order valence-corrected chi connectivity index (χ4v) is 2.24. The van der Waals surface area contributed by atoms with E-state index in [1.807, 2.05) is 12.3 Å². The summed E-state index contributed by atoms with van der Waals surface area (Å²) in [6, 6.07) is 0. The molecule has 0 unspecified atom stereocenters. The first-order chi connectivity index (χ1) is 8.17. The minimum atomic E-state index is 0.0557. The van der Waals surface area contributed by atoms with Crippen molar-refractivity contribution in [2.75, 3.05) is 26.8 Å². The standard InChI is InChI=1S/C11H17ClN2O2S/c1-3-16-5-4-14(2)11(15)6-10-13-9(7-12)8-17-10/h8H,3-7H2,1-2H3. The highest BCUT2D eigenvalue weighted by atomic mass is 35.5. The van der Waals surface area contributed by atoms with Gasteiger partial charge < -0.3 is 9.64 Å². The van der Waals surface area contributed by atoms with Gasteiger partial charge in [0.2, 0.25) is 5.91 Å². The molecule has 1 aromatic heterocycles. The van der Waals surface area contributed by atoms with Crippen LogP contribution in [-0.4, -0.2) is 42.6 Å². The van der Waals surface area contributed by atoms with E-state index in [4.69, 9.17) is 16.3 Å². The lowest BCUT2D eigenvalue weighted by atomic mass is 10.4. The number of halogens is 1. The number of carbonyl (C=O) groups is 1. The molecule has 0 fully saturated rings. The summed E-state index contributed by atoms with van der Waals surface area (Å²) >= 11 is 7.13. The Kier molecular flexibility index (Phi) is 6.47. The summed E-state index contributed by atoms with van der Waals surface area (Å²) in [6.45, 7) is 3.79.